The molecule has 20 heavy (non-hydrogen) atoms. The Bertz CT molecular complexity index is 773. The van der Waals surface area contributed by atoms with Gasteiger partial charge in [0, 0.05) is 0 Å². The van der Waals surface area contributed by atoms with E-state index in [1.807, 2.05) is 6.07 Å². The third kappa shape index (κ3) is 2.04. The monoisotopic (exact) mass is 331 g/mol. The summed E-state index contributed by atoms with van der Waals surface area (Å²) >= 11 is 3.39. The maximum absolute atomic E-state index is 6.03. The largest absolute Gasteiger partial charge is 0.457 e. The molecule has 5 heteroatoms. The van der Waals surface area contributed by atoms with Gasteiger partial charge in [-0.05, 0) is 52.5 Å². The van der Waals surface area contributed by atoms with E-state index in [4.69, 9.17) is 10.2 Å². The van der Waals surface area contributed by atoms with E-state index in [2.05, 4.69) is 58.2 Å². The van der Waals surface area contributed by atoms with Crippen LogP contribution in [0.4, 0.5) is 5.82 Å². The lowest BCUT2D eigenvalue weighted by Crippen LogP contribution is -1.90. The Balaban J connectivity index is 2.21. The molecule has 0 saturated heterocycles. The van der Waals surface area contributed by atoms with E-state index in [9.17, 15) is 0 Å². The number of nitrogens with one attached hydrogen (secondary N) is 1. The van der Waals surface area contributed by atoms with Crippen LogP contribution in [0.3, 0.4) is 0 Å². The topological polar surface area (TPSA) is 67.8 Å². The molecule has 4 nitrogen and oxygen atoms in total. The lowest BCUT2D eigenvalue weighted by atomic mass is 9.98. The van der Waals surface area contributed by atoms with Crippen molar-refractivity contribution in [1.29, 1.82) is 0 Å². The molecule has 0 amide bonds. The van der Waals surface area contributed by atoms with Gasteiger partial charge in [-0.3, -0.25) is 5.10 Å². The molecule has 3 N–H and O–H groups in total. The number of nitrogens with zero attached hydrogens (tertiary/aromatic N) is 1. The van der Waals surface area contributed by atoms with Crippen LogP contribution >= 0.6 is 15.9 Å². The Morgan fingerprint density at radius 2 is 2.00 bits per heavy atom. The predicted molar refractivity (Wildman–Crippen MR) is 83.3 cm³/mol. The number of hydrogen-bond donors (Lipinski definition) is 2. The van der Waals surface area contributed by atoms with Crippen LogP contribution in [0.5, 0.6) is 0 Å². The van der Waals surface area contributed by atoms with E-state index in [1.54, 1.807) is 6.26 Å². The number of halogens is 1. The molecule has 0 atom stereocenters. The standard InChI is InChI=1S/C15H14BrN3O/c1-8-3-4-10(7-9(8)2)12-13(18-19-15(12)17)11-5-6-20-14(11)16/h3-7H,1-2H3,(H3,17,18,19). The number of hydrogen-bond acceptors (Lipinski definition) is 3. The molecule has 0 fully saturated rings. The maximum atomic E-state index is 6.03. The number of furan rings is 1. The number of H-pyrrole nitrogens is 1. The maximum Gasteiger partial charge on any atom is 0.178 e. The van der Waals surface area contributed by atoms with E-state index in [1.165, 1.54) is 11.1 Å². The second-order valence-electron chi connectivity index (χ2n) is 4.77. The van der Waals surface area contributed by atoms with E-state index < -0.39 is 0 Å². The van der Waals surface area contributed by atoms with Crippen molar-refractivity contribution in [2.45, 2.75) is 13.8 Å². The van der Waals surface area contributed by atoms with Crippen LogP contribution in [-0.4, -0.2) is 10.2 Å². The molecule has 0 saturated carbocycles. The highest BCUT2D eigenvalue weighted by atomic mass is 79.9. The molecule has 0 aliphatic heterocycles. The molecule has 3 rings (SSSR count). The molecule has 102 valence electrons. The molecule has 0 spiro atoms. The fourth-order valence-corrected chi connectivity index (χ4v) is 2.65. The van der Waals surface area contributed by atoms with E-state index in [0.717, 1.165) is 22.4 Å². The molecule has 2 heterocycles. The lowest BCUT2D eigenvalue weighted by Gasteiger charge is -2.06. The van der Waals surface area contributed by atoms with Gasteiger partial charge in [0.1, 0.15) is 0 Å². The molecule has 2 aromatic heterocycles. The fourth-order valence-electron chi connectivity index (χ4n) is 2.21. The normalized spacial score (nSPS) is 10.9. The van der Waals surface area contributed by atoms with Gasteiger partial charge in [-0.1, -0.05) is 18.2 Å². The molecule has 3 aromatic rings. The number of aromatic nitrogens is 2. The second kappa shape index (κ2) is 4.83. The zero-order chi connectivity index (χ0) is 14.3. The average molecular weight is 332 g/mol. The second-order valence-corrected chi connectivity index (χ2v) is 5.49. The quantitative estimate of drug-likeness (QED) is 0.735. The molecule has 0 aliphatic carbocycles. The fraction of sp³-hybridized carbons (Fsp3) is 0.133. The number of nitrogens with two attached hydrogens (primary N) is 1. The van der Waals surface area contributed by atoms with E-state index in [-0.39, 0.29) is 0 Å². The highest BCUT2D eigenvalue weighted by molar-refractivity contribution is 9.10. The van der Waals surface area contributed by atoms with Crippen molar-refractivity contribution in [3.05, 3.63) is 46.3 Å². The highest BCUT2D eigenvalue weighted by Gasteiger charge is 2.18. The van der Waals surface area contributed by atoms with Crippen LogP contribution in [0.1, 0.15) is 11.1 Å². The Morgan fingerprint density at radius 3 is 2.65 bits per heavy atom. The van der Waals surface area contributed by atoms with Crippen LogP contribution in [0.15, 0.2) is 39.6 Å². The van der Waals surface area contributed by atoms with Crippen molar-refractivity contribution >= 4 is 21.7 Å². The van der Waals surface area contributed by atoms with Gasteiger partial charge in [0.15, 0.2) is 10.5 Å². The molecule has 0 aliphatic rings. The molecule has 0 unspecified atom stereocenters. The van der Waals surface area contributed by atoms with Gasteiger partial charge in [-0.2, -0.15) is 5.10 Å². The van der Waals surface area contributed by atoms with E-state index in [0.29, 0.717) is 10.5 Å². The first-order valence-corrected chi connectivity index (χ1v) is 7.02. The third-order valence-electron chi connectivity index (χ3n) is 3.48. The minimum absolute atomic E-state index is 0.483. The van der Waals surface area contributed by atoms with Crippen LogP contribution in [-0.2, 0) is 0 Å². The van der Waals surface area contributed by atoms with Gasteiger partial charge in [-0.15, -0.1) is 0 Å². The Morgan fingerprint density at radius 1 is 1.20 bits per heavy atom. The van der Waals surface area contributed by atoms with Crippen LogP contribution in [0, 0.1) is 13.8 Å². The van der Waals surface area contributed by atoms with Gasteiger partial charge < -0.3 is 10.2 Å². The van der Waals surface area contributed by atoms with Gasteiger partial charge in [0.2, 0.25) is 0 Å². The van der Waals surface area contributed by atoms with Crippen molar-refractivity contribution < 1.29 is 4.42 Å². The van der Waals surface area contributed by atoms with Crippen molar-refractivity contribution in [3.63, 3.8) is 0 Å². The van der Waals surface area contributed by atoms with Crippen molar-refractivity contribution in [2.75, 3.05) is 5.73 Å². The van der Waals surface area contributed by atoms with Gasteiger partial charge in [0.25, 0.3) is 0 Å². The molecular formula is C15H14BrN3O. The van der Waals surface area contributed by atoms with Crippen molar-refractivity contribution in [3.8, 4) is 22.4 Å². The van der Waals surface area contributed by atoms with Gasteiger partial charge >= 0.3 is 0 Å². The summed E-state index contributed by atoms with van der Waals surface area (Å²) in [6.07, 6.45) is 1.63. The summed E-state index contributed by atoms with van der Waals surface area (Å²) < 4.78 is 5.95. The number of rotatable bonds is 2. The molecule has 1 aromatic carbocycles. The zero-order valence-corrected chi connectivity index (χ0v) is 12.8. The van der Waals surface area contributed by atoms with Crippen molar-refractivity contribution in [2.24, 2.45) is 0 Å². The summed E-state index contributed by atoms with van der Waals surface area (Å²) in [6.45, 7) is 4.17. The minimum atomic E-state index is 0.483. The van der Waals surface area contributed by atoms with Crippen LogP contribution in [0.2, 0.25) is 0 Å². The first-order valence-electron chi connectivity index (χ1n) is 6.22. The Hall–Kier alpha value is -2.01. The van der Waals surface area contributed by atoms with Crippen molar-refractivity contribution in [1.82, 2.24) is 10.2 Å². The van der Waals surface area contributed by atoms with Gasteiger partial charge in [-0.25, -0.2) is 0 Å². The zero-order valence-electron chi connectivity index (χ0n) is 11.2. The summed E-state index contributed by atoms with van der Waals surface area (Å²) in [5.74, 6) is 0.483. The Kier molecular flexibility index (Phi) is 3.14. The molecule has 0 bridgehead atoms. The molecular weight excluding hydrogens is 318 g/mol. The number of anilines is 1. The SMILES string of the molecule is Cc1ccc(-c2c(N)n[nH]c2-c2ccoc2Br)cc1C. The summed E-state index contributed by atoms with van der Waals surface area (Å²) in [5, 5.41) is 7.12. The number of aryl methyl sites for hydroxylation is 2. The number of benzene rings is 1. The third-order valence-corrected chi connectivity index (χ3v) is 4.09. The van der Waals surface area contributed by atoms with Gasteiger partial charge in [0.05, 0.1) is 23.1 Å². The number of aromatic amines is 1. The van der Waals surface area contributed by atoms with Crippen LogP contribution < -0.4 is 5.73 Å². The highest BCUT2D eigenvalue weighted by Crippen LogP contribution is 2.38. The summed E-state index contributed by atoms with van der Waals surface area (Å²) in [5.41, 5.74) is 12.2. The average Bonchev–Trinajstić information content (AvgIpc) is 2.99. The minimum Gasteiger partial charge on any atom is -0.457 e. The summed E-state index contributed by atoms with van der Waals surface area (Å²) in [7, 11) is 0. The first kappa shape index (κ1) is 13.0. The number of nitrogen functional groups attached to an aromatic ring is 1. The molecule has 0 radical (unpaired) electrons. The van der Waals surface area contributed by atoms with Crippen LogP contribution in [0.25, 0.3) is 22.4 Å². The summed E-state index contributed by atoms with van der Waals surface area (Å²) in [4.78, 5) is 0. The summed E-state index contributed by atoms with van der Waals surface area (Å²) in [6, 6.07) is 8.14. The smallest absolute Gasteiger partial charge is 0.178 e. The predicted octanol–water partition coefficient (Wildman–Crippen LogP) is 4.30. The first-order chi connectivity index (χ1) is 9.58. The lowest BCUT2D eigenvalue weighted by molar-refractivity contribution is 0.542. The Labute approximate surface area is 125 Å². The van der Waals surface area contributed by atoms with E-state index >= 15 is 0 Å².